The highest BCUT2D eigenvalue weighted by Gasteiger charge is 2.22. The van der Waals surface area contributed by atoms with Crippen molar-refractivity contribution in [3.63, 3.8) is 0 Å². The van der Waals surface area contributed by atoms with E-state index in [0.29, 0.717) is 0 Å². The lowest BCUT2D eigenvalue weighted by Crippen LogP contribution is -2.10. The minimum Gasteiger partial charge on any atom is -0.456 e. The molecule has 0 aliphatic carbocycles. The van der Waals surface area contributed by atoms with Gasteiger partial charge in [-0.15, -0.1) is 11.3 Å². The summed E-state index contributed by atoms with van der Waals surface area (Å²) in [4.78, 5) is 2.45. The van der Waals surface area contributed by atoms with Crippen molar-refractivity contribution in [1.82, 2.24) is 4.57 Å². The molecule has 0 saturated carbocycles. The molecule has 0 radical (unpaired) electrons. The zero-order valence-electron chi connectivity index (χ0n) is 26.9. The SMILES string of the molecule is c1ccc(-n2c3ccccc3c3c(N(c4ccc5c(c4)sc4ccccc45)c4ccc5ccc6oc7ccccc7c6c5c4)cccc32)cc1. The Labute approximate surface area is 291 Å². The first-order valence-electron chi connectivity index (χ1n) is 16.9. The summed E-state index contributed by atoms with van der Waals surface area (Å²) in [5, 5.41) is 9.69. The third-order valence-corrected chi connectivity index (χ3v) is 11.3. The van der Waals surface area contributed by atoms with Crippen LogP contribution in [0.15, 0.2) is 174 Å². The molecule has 0 unspecified atom stereocenters. The van der Waals surface area contributed by atoms with Crippen molar-refractivity contribution in [2.24, 2.45) is 0 Å². The topological polar surface area (TPSA) is 21.3 Å². The normalized spacial score (nSPS) is 12.0. The van der Waals surface area contributed by atoms with E-state index in [1.807, 2.05) is 17.4 Å². The van der Waals surface area contributed by atoms with Gasteiger partial charge < -0.3 is 13.9 Å². The summed E-state index contributed by atoms with van der Waals surface area (Å²) in [6, 6.07) is 61.4. The summed E-state index contributed by atoms with van der Waals surface area (Å²) in [5.74, 6) is 0. The van der Waals surface area contributed by atoms with Gasteiger partial charge in [-0.3, -0.25) is 0 Å². The lowest BCUT2D eigenvalue weighted by atomic mass is 10.0. The molecule has 0 spiro atoms. The predicted molar refractivity (Wildman–Crippen MR) is 213 cm³/mol. The zero-order valence-corrected chi connectivity index (χ0v) is 27.7. The van der Waals surface area contributed by atoms with E-state index in [9.17, 15) is 0 Å². The second kappa shape index (κ2) is 10.6. The number of para-hydroxylation sites is 3. The summed E-state index contributed by atoms with van der Waals surface area (Å²) in [6.07, 6.45) is 0. The number of aromatic nitrogens is 1. The lowest BCUT2D eigenvalue weighted by Gasteiger charge is -2.27. The molecule has 0 atom stereocenters. The lowest BCUT2D eigenvalue weighted by molar-refractivity contribution is 0.669. The number of hydrogen-bond donors (Lipinski definition) is 0. The summed E-state index contributed by atoms with van der Waals surface area (Å²) in [6.45, 7) is 0. The number of furan rings is 1. The molecule has 0 saturated heterocycles. The second-order valence-electron chi connectivity index (χ2n) is 12.9. The van der Waals surface area contributed by atoms with Crippen molar-refractivity contribution in [3.05, 3.63) is 170 Å². The van der Waals surface area contributed by atoms with Gasteiger partial charge in [0.05, 0.1) is 16.7 Å². The first kappa shape index (κ1) is 27.6. The van der Waals surface area contributed by atoms with Crippen molar-refractivity contribution in [2.45, 2.75) is 0 Å². The quantitative estimate of drug-likeness (QED) is 0.188. The number of fused-ring (bicyclic) bond motifs is 11. The fraction of sp³-hybridized carbons (Fsp3) is 0. The predicted octanol–water partition coefficient (Wildman–Crippen LogP) is 13.7. The fourth-order valence-electron chi connectivity index (χ4n) is 7.99. The number of rotatable bonds is 4. The van der Waals surface area contributed by atoms with Crippen molar-refractivity contribution in [1.29, 1.82) is 0 Å². The maximum atomic E-state index is 6.34. The monoisotopic (exact) mass is 656 g/mol. The van der Waals surface area contributed by atoms with Gasteiger partial charge in [0.25, 0.3) is 0 Å². The highest BCUT2D eigenvalue weighted by Crippen LogP contribution is 2.47. The smallest absolute Gasteiger partial charge is 0.136 e. The van der Waals surface area contributed by atoms with Crippen molar-refractivity contribution < 1.29 is 4.42 Å². The van der Waals surface area contributed by atoms with Gasteiger partial charge in [0.2, 0.25) is 0 Å². The third-order valence-electron chi connectivity index (χ3n) is 10.2. The molecule has 3 nitrogen and oxygen atoms in total. The van der Waals surface area contributed by atoms with Crippen molar-refractivity contribution in [2.75, 3.05) is 4.90 Å². The Morgan fingerprint density at radius 1 is 0.440 bits per heavy atom. The van der Waals surface area contributed by atoms with Crippen LogP contribution in [0.25, 0.3) is 80.4 Å². The molecule has 0 aliphatic heterocycles. The minimum atomic E-state index is 0.905. The Morgan fingerprint density at radius 3 is 2.06 bits per heavy atom. The molecule has 3 heterocycles. The van der Waals surface area contributed by atoms with Crippen LogP contribution in [0.2, 0.25) is 0 Å². The van der Waals surface area contributed by atoms with Crippen LogP contribution in [0, 0.1) is 0 Å². The fourth-order valence-corrected chi connectivity index (χ4v) is 9.13. The molecule has 234 valence electrons. The Hall–Kier alpha value is -6.36. The van der Waals surface area contributed by atoms with E-state index in [2.05, 4.69) is 173 Å². The average Bonchev–Trinajstić information content (AvgIpc) is 3.85. The molecule has 0 bridgehead atoms. The van der Waals surface area contributed by atoms with Crippen LogP contribution in [0.1, 0.15) is 0 Å². The molecule has 0 N–H and O–H groups in total. The Balaban J connectivity index is 1.24. The minimum absolute atomic E-state index is 0.905. The molecule has 0 amide bonds. The number of anilines is 3. The van der Waals surface area contributed by atoms with E-state index < -0.39 is 0 Å². The van der Waals surface area contributed by atoms with Gasteiger partial charge in [0.15, 0.2) is 0 Å². The highest BCUT2D eigenvalue weighted by atomic mass is 32.1. The van der Waals surface area contributed by atoms with E-state index in [0.717, 1.165) is 44.7 Å². The molecule has 8 aromatic carbocycles. The molecular weight excluding hydrogens is 629 g/mol. The van der Waals surface area contributed by atoms with Crippen LogP contribution >= 0.6 is 11.3 Å². The summed E-state index contributed by atoms with van der Waals surface area (Å²) < 4.78 is 11.3. The van der Waals surface area contributed by atoms with Crippen LogP contribution in [0.3, 0.4) is 0 Å². The van der Waals surface area contributed by atoms with Crippen molar-refractivity contribution >= 4 is 103 Å². The molecule has 3 aromatic heterocycles. The summed E-state index contributed by atoms with van der Waals surface area (Å²) in [5.41, 5.74) is 8.67. The molecule has 0 fully saturated rings. The number of nitrogens with zero attached hydrogens (tertiary/aromatic N) is 2. The van der Waals surface area contributed by atoms with E-state index >= 15 is 0 Å². The van der Waals surface area contributed by atoms with Gasteiger partial charge in [-0.25, -0.2) is 0 Å². The van der Waals surface area contributed by atoms with Gasteiger partial charge in [-0.1, -0.05) is 97.1 Å². The van der Waals surface area contributed by atoms with Crippen LogP contribution in [0.5, 0.6) is 0 Å². The molecule has 50 heavy (non-hydrogen) atoms. The molecular formula is C46H28N2OS. The number of benzene rings is 8. The number of hydrogen-bond acceptors (Lipinski definition) is 3. The van der Waals surface area contributed by atoms with E-state index in [-0.39, 0.29) is 0 Å². The average molecular weight is 657 g/mol. The molecule has 4 heteroatoms. The van der Waals surface area contributed by atoms with Crippen LogP contribution < -0.4 is 4.90 Å². The van der Waals surface area contributed by atoms with Crippen LogP contribution in [-0.4, -0.2) is 4.57 Å². The van der Waals surface area contributed by atoms with Gasteiger partial charge in [0.1, 0.15) is 11.2 Å². The molecule has 11 aromatic rings. The molecule has 0 aliphatic rings. The van der Waals surface area contributed by atoms with Gasteiger partial charge in [-0.05, 0) is 83.6 Å². The zero-order chi connectivity index (χ0) is 32.8. The Bertz CT molecular complexity index is 3110. The van der Waals surface area contributed by atoms with Gasteiger partial charge in [0, 0.05) is 58.8 Å². The van der Waals surface area contributed by atoms with Gasteiger partial charge in [-0.2, -0.15) is 0 Å². The highest BCUT2D eigenvalue weighted by molar-refractivity contribution is 7.25. The van der Waals surface area contributed by atoms with E-state index in [1.54, 1.807) is 0 Å². The summed E-state index contributed by atoms with van der Waals surface area (Å²) >= 11 is 1.86. The standard InChI is InChI=1S/C46H28N2OS/c1-2-11-30(12-3-1)48-38-16-7-4-14-35(38)46-39(17-10-18-40(46)48)47(32-24-25-34-33-13-6-9-20-43(33)50-44(34)28-32)31-23-21-29-22-26-42-45(37(29)27-31)36-15-5-8-19-41(36)49-42/h1-28H. The van der Waals surface area contributed by atoms with Crippen LogP contribution in [0.4, 0.5) is 17.1 Å². The largest absolute Gasteiger partial charge is 0.456 e. The molecule has 11 rings (SSSR count). The summed E-state index contributed by atoms with van der Waals surface area (Å²) in [7, 11) is 0. The Morgan fingerprint density at radius 2 is 1.14 bits per heavy atom. The maximum absolute atomic E-state index is 6.34. The van der Waals surface area contributed by atoms with Gasteiger partial charge >= 0.3 is 0 Å². The third kappa shape index (κ3) is 3.97. The second-order valence-corrected chi connectivity index (χ2v) is 14.0. The van der Waals surface area contributed by atoms with E-state index in [4.69, 9.17) is 4.42 Å². The van der Waals surface area contributed by atoms with Crippen LogP contribution in [-0.2, 0) is 0 Å². The van der Waals surface area contributed by atoms with Crippen molar-refractivity contribution in [3.8, 4) is 5.69 Å². The Kier molecular flexibility index (Phi) is 5.83. The first-order valence-corrected chi connectivity index (χ1v) is 17.7. The van der Waals surface area contributed by atoms with E-state index in [1.165, 1.54) is 52.8 Å². The first-order chi connectivity index (χ1) is 24.8. The number of thiophene rings is 1. The maximum Gasteiger partial charge on any atom is 0.136 e.